The first-order valence-electron chi connectivity index (χ1n) is 8.82. The van der Waals surface area contributed by atoms with E-state index in [-0.39, 0.29) is 11.7 Å². The molecule has 0 spiro atoms. The van der Waals surface area contributed by atoms with Crippen LogP contribution in [0.15, 0.2) is 47.6 Å². The van der Waals surface area contributed by atoms with E-state index in [2.05, 4.69) is 54.6 Å². The number of nitrogens with one attached hydrogen (secondary N) is 1. The van der Waals surface area contributed by atoms with Gasteiger partial charge in [0.2, 0.25) is 11.1 Å². The maximum absolute atomic E-state index is 12.3. The first kappa shape index (κ1) is 19.1. The molecular formula is C20H23N5OS. The van der Waals surface area contributed by atoms with E-state index in [0.717, 1.165) is 11.4 Å². The minimum atomic E-state index is -0.0875. The van der Waals surface area contributed by atoms with Crippen LogP contribution in [-0.2, 0) is 4.79 Å². The Kier molecular flexibility index (Phi) is 5.91. The number of tetrazole rings is 1. The molecule has 1 heterocycles. The van der Waals surface area contributed by atoms with Gasteiger partial charge in [-0.05, 0) is 71.1 Å². The summed E-state index contributed by atoms with van der Waals surface area (Å²) in [4.78, 5) is 12.3. The first-order chi connectivity index (χ1) is 12.9. The van der Waals surface area contributed by atoms with Crippen LogP contribution in [0.5, 0.6) is 0 Å². The quantitative estimate of drug-likeness (QED) is 0.650. The smallest absolute Gasteiger partial charge is 0.234 e. The summed E-state index contributed by atoms with van der Waals surface area (Å²) in [5.74, 6) is 0.561. The Bertz CT molecular complexity index is 951. The van der Waals surface area contributed by atoms with Crippen LogP contribution in [0.4, 0.5) is 5.69 Å². The number of amides is 1. The Morgan fingerprint density at radius 2 is 1.96 bits per heavy atom. The fourth-order valence-corrected chi connectivity index (χ4v) is 3.28. The summed E-state index contributed by atoms with van der Waals surface area (Å²) in [6.07, 6.45) is 0. The van der Waals surface area contributed by atoms with Gasteiger partial charge in [0, 0.05) is 5.69 Å². The lowest BCUT2D eigenvalue weighted by Gasteiger charge is -2.10. The Balaban J connectivity index is 1.65. The fourth-order valence-electron chi connectivity index (χ4n) is 2.59. The number of aryl methyl sites for hydroxylation is 2. The molecule has 0 bridgehead atoms. The van der Waals surface area contributed by atoms with Crippen molar-refractivity contribution in [2.24, 2.45) is 0 Å². The molecule has 1 aromatic heterocycles. The highest BCUT2D eigenvalue weighted by Crippen LogP contribution is 2.21. The van der Waals surface area contributed by atoms with Crippen molar-refractivity contribution in [3.05, 3.63) is 59.2 Å². The van der Waals surface area contributed by atoms with Gasteiger partial charge >= 0.3 is 0 Å². The number of benzene rings is 2. The molecule has 0 unspecified atom stereocenters. The topological polar surface area (TPSA) is 72.7 Å². The van der Waals surface area contributed by atoms with Gasteiger partial charge in [-0.25, -0.2) is 0 Å². The molecule has 0 aliphatic carbocycles. The molecule has 1 N–H and O–H groups in total. The predicted octanol–water partition coefficient (Wildman–Crippen LogP) is 4.13. The summed E-state index contributed by atoms with van der Waals surface area (Å²) in [5.41, 5.74) is 5.26. The summed E-state index contributed by atoms with van der Waals surface area (Å²) in [6, 6.07) is 14.0. The van der Waals surface area contributed by atoms with Crippen LogP contribution in [0.3, 0.4) is 0 Å². The van der Waals surface area contributed by atoms with Crippen LogP contribution in [-0.4, -0.2) is 31.9 Å². The molecule has 140 valence electrons. The second kappa shape index (κ2) is 8.35. The van der Waals surface area contributed by atoms with Crippen LogP contribution < -0.4 is 5.32 Å². The third kappa shape index (κ3) is 4.74. The number of rotatable bonds is 6. The van der Waals surface area contributed by atoms with E-state index < -0.39 is 0 Å². The number of hydrogen-bond acceptors (Lipinski definition) is 5. The van der Waals surface area contributed by atoms with Gasteiger partial charge in [0.1, 0.15) is 0 Å². The fraction of sp³-hybridized carbons (Fsp3) is 0.300. The predicted molar refractivity (Wildman–Crippen MR) is 109 cm³/mol. The van der Waals surface area contributed by atoms with Gasteiger partial charge in [0.05, 0.1) is 11.4 Å². The van der Waals surface area contributed by atoms with Crippen molar-refractivity contribution in [3.63, 3.8) is 0 Å². The zero-order valence-corrected chi connectivity index (χ0v) is 16.7. The van der Waals surface area contributed by atoms with E-state index in [1.807, 2.05) is 36.4 Å². The zero-order valence-electron chi connectivity index (χ0n) is 15.9. The van der Waals surface area contributed by atoms with E-state index >= 15 is 0 Å². The maximum atomic E-state index is 12.3. The molecule has 3 aromatic rings. The minimum absolute atomic E-state index is 0.0875. The van der Waals surface area contributed by atoms with Gasteiger partial charge in [-0.1, -0.05) is 43.8 Å². The number of carbonyl (C=O) groups excluding carboxylic acids is 1. The lowest BCUT2D eigenvalue weighted by Crippen LogP contribution is -2.14. The van der Waals surface area contributed by atoms with E-state index in [0.29, 0.717) is 11.1 Å². The number of aromatic nitrogens is 4. The molecule has 2 aromatic carbocycles. The van der Waals surface area contributed by atoms with Gasteiger partial charge in [0.25, 0.3) is 0 Å². The van der Waals surface area contributed by atoms with E-state index in [9.17, 15) is 4.79 Å². The molecule has 0 atom stereocenters. The monoisotopic (exact) mass is 381 g/mol. The van der Waals surface area contributed by atoms with Crippen molar-refractivity contribution in [1.82, 2.24) is 20.2 Å². The average Bonchev–Trinajstić information content (AvgIpc) is 3.11. The summed E-state index contributed by atoms with van der Waals surface area (Å²) < 4.78 is 1.66. The molecular weight excluding hydrogens is 358 g/mol. The summed E-state index contributed by atoms with van der Waals surface area (Å²) >= 11 is 1.31. The third-order valence-corrected chi connectivity index (χ3v) is 5.26. The molecule has 6 nitrogen and oxygen atoms in total. The summed E-state index contributed by atoms with van der Waals surface area (Å²) in [7, 11) is 0. The number of thioether (sulfide) groups is 1. The highest BCUT2D eigenvalue weighted by Gasteiger charge is 2.12. The lowest BCUT2D eigenvalue weighted by molar-refractivity contribution is -0.113. The van der Waals surface area contributed by atoms with Crippen LogP contribution >= 0.6 is 11.8 Å². The summed E-state index contributed by atoms with van der Waals surface area (Å²) in [6.45, 7) is 8.37. The van der Waals surface area contributed by atoms with Gasteiger partial charge in [0.15, 0.2) is 0 Å². The van der Waals surface area contributed by atoms with Gasteiger partial charge < -0.3 is 5.32 Å². The number of carbonyl (C=O) groups is 1. The highest BCUT2D eigenvalue weighted by molar-refractivity contribution is 7.99. The summed E-state index contributed by atoms with van der Waals surface area (Å²) in [5, 5.41) is 15.4. The van der Waals surface area contributed by atoms with Gasteiger partial charge in [-0.15, -0.1) is 5.10 Å². The van der Waals surface area contributed by atoms with Crippen LogP contribution in [0.2, 0.25) is 0 Å². The van der Waals surface area contributed by atoms with Crippen LogP contribution in [0.1, 0.15) is 36.5 Å². The Morgan fingerprint density at radius 3 is 2.70 bits per heavy atom. The minimum Gasteiger partial charge on any atom is -0.325 e. The zero-order chi connectivity index (χ0) is 19.4. The van der Waals surface area contributed by atoms with Crippen molar-refractivity contribution in [3.8, 4) is 5.69 Å². The average molecular weight is 382 g/mol. The van der Waals surface area contributed by atoms with Crippen molar-refractivity contribution in [2.75, 3.05) is 11.1 Å². The SMILES string of the molecule is Cc1ccc(-n2nnnc2SCC(=O)Nc2cccc(C(C)C)c2)cc1C. The van der Waals surface area contributed by atoms with Crippen molar-refractivity contribution < 1.29 is 4.79 Å². The molecule has 7 heteroatoms. The van der Waals surface area contributed by atoms with Gasteiger partial charge in [-0.3, -0.25) is 4.79 Å². The molecule has 27 heavy (non-hydrogen) atoms. The maximum Gasteiger partial charge on any atom is 0.234 e. The second-order valence-corrected chi connectivity index (χ2v) is 7.70. The van der Waals surface area contributed by atoms with E-state index in [1.165, 1.54) is 28.5 Å². The number of anilines is 1. The Hall–Kier alpha value is -2.67. The molecule has 0 saturated heterocycles. The second-order valence-electron chi connectivity index (χ2n) is 6.76. The third-order valence-electron chi connectivity index (χ3n) is 4.35. The molecule has 0 saturated carbocycles. The number of hydrogen-bond donors (Lipinski definition) is 1. The molecule has 0 radical (unpaired) electrons. The molecule has 1 amide bonds. The van der Waals surface area contributed by atoms with E-state index in [4.69, 9.17) is 0 Å². The lowest BCUT2D eigenvalue weighted by atomic mass is 10.0. The van der Waals surface area contributed by atoms with Crippen LogP contribution in [0.25, 0.3) is 5.69 Å². The van der Waals surface area contributed by atoms with Crippen molar-refractivity contribution >= 4 is 23.4 Å². The first-order valence-corrected chi connectivity index (χ1v) is 9.81. The molecule has 3 rings (SSSR count). The standard InChI is InChI=1S/C20H23N5OS/c1-13(2)16-6-5-7-17(11-16)21-19(26)12-27-20-22-23-24-25(20)18-9-8-14(3)15(4)10-18/h5-11,13H,12H2,1-4H3,(H,21,26). The largest absolute Gasteiger partial charge is 0.325 e. The number of nitrogens with zero attached hydrogens (tertiary/aromatic N) is 4. The van der Waals surface area contributed by atoms with Crippen molar-refractivity contribution in [2.45, 2.75) is 38.8 Å². The normalized spacial score (nSPS) is 11.0. The molecule has 0 fully saturated rings. The van der Waals surface area contributed by atoms with Crippen molar-refractivity contribution in [1.29, 1.82) is 0 Å². The Morgan fingerprint density at radius 1 is 1.15 bits per heavy atom. The van der Waals surface area contributed by atoms with Crippen LogP contribution in [0, 0.1) is 13.8 Å². The highest BCUT2D eigenvalue weighted by atomic mass is 32.2. The van der Waals surface area contributed by atoms with E-state index in [1.54, 1.807) is 4.68 Å². The molecule has 0 aliphatic rings. The molecule has 0 aliphatic heterocycles. The van der Waals surface area contributed by atoms with Gasteiger partial charge in [-0.2, -0.15) is 4.68 Å². The Labute approximate surface area is 163 Å².